The van der Waals surface area contributed by atoms with E-state index in [1.165, 1.54) is 5.56 Å². The molecule has 2 aromatic heterocycles. The molecule has 0 bridgehead atoms. The van der Waals surface area contributed by atoms with Crippen molar-refractivity contribution in [2.45, 2.75) is 26.3 Å². The monoisotopic (exact) mass is 244 g/mol. The van der Waals surface area contributed by atoms with Crippen LogP contribution in [0.25, 0.3) is 0 Å². The zero-order chi connectivity index (χ0) is 13.0. The molecule has 0 aliphatic carbocycles. The van der Waals surface area contributed by atoms with Gasteiger partial charge in [0.1, 0.15) is 0 Å². The van der Waals surface area contributed by atoms with Gasteiger partial charge in [-0.05, 0) is 37.6 Å². The van der Waals surface area contributed by atoms with E-state index in [1.807, 2.05) is 43.2 Å². The molecule has 0 fully saturated rings. The van der Waals surface area contributed by atoms with Crippen molar-refractivity contribution in [3.8, 4) is 0 Å². The van der Waals surface area contributed by atoms with Crippen molar-refractivity contribution in [3.05, 3.63) is 47.5 Å². The predicted octanol–water partition coefficient (Wildman–Crippen LogP) is 2.21. The quantitative estimate of drug-likeness (QED) is 0.877. The van der Waals surface area contributed by atoms with Crippen molar-refractivity contribution in [3.63, 3.8) is 0 Å². The summed E-state index contributed by atoms with van der Waals surface area (Å²) in [6.45, 7) is 5.15. The van der Waals surface area contributed by atoms with E-state index in [0.717, 1.165) is 24.4 Å². The molecule has 4 heteroatoms. The van der Waals surface area contributed by atoms with Crippen LogP contribution in [0.4, 0.5) is 0 Å². The number of nitrogens with zero attached hydrogens (tertiary/aromatic N) is 3. The summed E-state index contributed by atoms with van der Waals surface area (Å²) in [5.41, 5.74) is 3.38. The molecule has 0 radical (unpaired) electrons. The summed E-state index contributed by atoms with van der Waals surface area (Å²) in [4.78, 5) is 4.38. The van der Waals surface area contributed by atoms with E-state index < -0.39 is 0 Å². The summed E-state index contributed by atoms with van der Waals surface area (Å²) >= 11 is 0. The van der Waals surface area contributed by atoms with Crippen LogP contribution in [0.2, 0.25) is 0 Å². The third kappa shape index (κ3) is 2.76. The van der Waals surface area contributed by atoms with E-state index in [9.17, 15) is 0 Å². The number of aryl methyl sites for hydroxylation is 2. The Bertz CT molecular complexity index is 487. The Hall–Kier alpha value is -1.68. The van der Waals surface area contributed by atoms with Crippen LogP contribution >= 0.6 is 0 Å². The molecule has 0 aromatic carbocycles. The minimum atomic E-state index is 0.158. The number of hydrogen-bond acceptors (Lipinski definition) is 3. The van der Waals surface area contributed by atoms with Crippen LogP contribution in [-0.2, 0) is 7.05 Å². The molecule has 2 aromatic rings. The molecule has 0 saturated carbocycles. The third-order valence-electron chi connectivity index (χ3n) is 3.02. The second-order valence-corrected chi connectivity index (χ2v) is 4.50. The fourth-order valence-corrected chi connectivity index (χ4v) is 2.00. The lowest BCUT2D eigenvalue weighted by Gasteiger charge is -2.19. The highest BCUT2D eigenvalue weighted by Gasteiger charge is 2.16. The van der Waals surface area contributed by atoms with Crippen molar-refractivity contribution < 1.29 is 0 Å². The van der Waals surface area contributed by atoms with Gasteiger partial charge in [0.15, 0.2) is 0 Å². The molecule has 4 nitrogen and oxygen atoms in total. The minimum Gasteiger partial charge on any atom is -0.305 e. The molecular formula is C14H20N4. The first-order valence-electron chi connectivity index (χ1n) is 6.36. The molecule has 96 valence electrons. The molecule has 0 spiro atoms. The van der Waals surface area contributed by atoms with Crippen LogP contribution in [-0.4, -0.2) is 21.3 Å². The summed E-state index contributed by atoms with van der Waals surface area (Å²) in [6.07, 6.45) is 4.88. The molecule has 1 atom stereocenters. The lowest BCUT2D eigenvalue weighted by Crippen LogP contribution is -2.25. The van der Waals surface area contributed by atoms with Crippen LogP contribution in [0.5, 0.6) is 0 Å². The summed E-state index contributed by atoms with van der Waals surface area (Å²) < 4.78 is 1.91. The maximum absolute atomic E-state index is 4.38. The topological polar surface area (TPSA) is 42.7 Å². The molecule has 0 saturated heterocycles. The van der Waals surface area contributed by atoms with E-state index in [-0.39, 0.29) is 6.04 Å². The standard InChI is InChI=1S/C14H20N4/c1-4-8-15-14(13-7-9-17-18(13)3)12-6-5-11(2)16-10-12/h5-7,9-10,14-15H,4,8H2,1-3H3. The average Bonchev–Trinajstić information content (AvgIpc) is 2.78. The molecule has 2 heterocycles. The van der Waals surface area contributed by atoms with Gasteiger partial charge in [0.05, 0.1) is 11.7 Å². The Labute approximate surface area is 108 Å². The summed E-state index contributed by atoms with van der Waals surface area (Å²) in [7, 11) is 1.97. The second-order valence-electron chi connectivity index (χ2n) is 4.50. The summed E-state index contributed by atoms with van der Waals surface area (Å²) in [6, 6.07) is 6.38. The van der Waals surface area contributed by atoms with Gasteiger partial charge in [0.2, 0.25) is 0 Å². The molecule has 18 heavy (non-hydrogen) atoms. The van der Waals surface area contributed by atoms with Gasteiger partial charge in [-0.15, -0.1) is 0 Å². The SMILES string of the molecule is CCCNC(c1ccc(C)nc1)c1ccnn1C. The Morgan fingerprint density at radius 2 is 2.17 bits per heavy atom. The second kappa shape index (κ2) is 5.78. The smallest absolute Gasteiger partial charge is 0.0763 e. The van der Waals surface area contributed by atoms with Crippen LogP contribution < -0.4 is 5.32 Å². The largest absolute Gasteiger partial charge is 0.305 e. The van der Waals surface area contributed by atoms with Gasteiger partial charge in [-0.25, -0.2) is 0 Å². The minimum absolute atomic E-state index is 0.158. The van der Waals surface area contributed by atoms with E-state index in [0.29, 0.717) is 0 Å². The first kappa shape index (κ1) is 12.8. The molecule has 1 unspecified atom stereocenters. The summed E-state index contributed by atoms with van der Waals surface area (Å²) in [5, 5.41) is 7.79. The van der Waals surface area contributed by atoms with Crippen molar-refractivity contribution in [1.29, 1.82) is 0 Å². The van der Waals surface area contributed by atoms with Crippen molar-refractivity contribution in [1.82, 2.24) is 20.1 Å². The van der Waals surface area contributed by atoms with E-state index >= 15 is 0 Å². The zero-order valence-corrected chi connectivity index (χ0v) is 11.2. The molecule has 2 rings (SSSR count). The van der Waals surface area contributed by atoms with Gasteiger partial charge in [-0.2, -0.15) is 5.10 Å². The van der Waals surface area contributed by atoms with Gasteiger partial charge in [-0.3, -0.25) is 9.67 Å². The number of pyridine rings is 1. The lowest BCUT2D eigenvalue weighted by atomic mass is 10.1. The van der Waals surface area contributed by atoms with E-state index in [1.54, 1.807) is 0 Å². The summed E-state index contributed by atoms with van der Waals surface area (Å²) in [5.74, 6) is 0. The van der Waals surface area contributed by atoms with Crippen LogP contribution in [0.3, 0.4) is 0 Å². The number of aromatic nitrogens is 3. The van der Waals surface area contributed by atoms with Crippen LogP contribution in [0.1, 0.15) is 36.3 Å². The van der Waals surface area contributed by atoms with Crippen molar-refractivity contribution >= 4 is 0 Å². The van der Waals surface area contributed by atoms with Gasteiger partial charge >= 0.3 is 0 Å². The highest BCUT2D eigenvalue weighted by atomic mass is 15.3. The average molecular weight is 244 g/mol. The Kier molecular flexibility index (Phi) is 4.10. The Morgan fingerprint density at radius 1 is 1.33 bits per heavy atom. The van der Waals surface area contributed by atoms with Crippen LogP contribution in [0, 0.1) is 6.92 Å². The maximum Gasteiger partial charge on any atom is 0.0763 e. The van der Waals surface area contributed by atoms with Crippen molar-refractivity contribution in [2.75, 3.05) is 6.54 Å². The fraction of sp³-hybridized carbons (Fsp3) is 0.429. The Balaban J connectivity index is 2.30. The molecule has 0 aliphatic heterocycles. The number of hydrogen-bond donors (Lipinski definition) is 1. The number of rotatable bonds is 5. The van der Waals surface area contributed by atoms with Crippen LogP contribution in [0.15, 0.2) is 30.6 Å². The highest BCUT2D eigenvalue weighted by molar-refractivity contribution is 5.26. The predicted molar refractivity (Wildman–Crippen MR) is 72.3 cm³/mol. The highest BCUT2D eigenvalue weighted by Crippen LogP contribution is 2.20. The normalized spacial score (nSPS) is 12.6. The van der Waals surface area contributed by atoms with Gasteiger partial charge < -0.3 is 5.32 Å². The Morgan fingerprint density at radius 3 is 2.72 bits per heavy atom. The number of nitrogens with one attached hydrogen (secondary N) is 1. The zero-order valence-electron chi connectivity index (χ0n) is 11.2. The molecular weight excluding hydrogens is 224 g/mol. The molecule has 0 aliphatic rings. The van der Waals surface area contributed by atoms with Gasteiger partial charge in [0.25, 0.3) is 0 Å². The van der Waals surface area contributed by atoms with Gasteiger partial charge in [-0.1, -0.05) is 13.0 Å². The third-order valence-corrected chi connectivity index (χ3v) is 3.02. The molecule has 1 N–H and O–H groups in total. The van der Waals surface area contributed by atoms with E-state index in [4.69, 9.17) is 0 Å². The van der Waals surface area contributed by atoms with Gasteiger partial charge in [0, 0.05) is 25.1 Å². The fourth-order valence-electron chi connectivity index (χ4n) is 2.00. The lowest BCUT2D eigenvalue weighted by molar-refractivity contribution is 0.552. The van der Waals surface area contributed by atoms with Crippen molar-refractivity contribution in [2.24, 2.45) is 7.05 Å². The first-order valence-corrected chi connectivity index (χ1v) is 6.36. The van der Waals surface area contributed by atoms with E-state index in [2.05, 4.69) is 28.4 Å². The maximum atomic E-state index is 4.38. The first-order chi connectivity index (χ1) is 8.72. The molecule has 0 amide bonds.